The third kappa shape index (κ3) is 2.77. The van der Waals surface area contributed by atoms with E-state index in [1.54, 1.807) is 0 Å². The van der Waals surface area contributed by atoms with Gasteiger partial charge in [0, 0.05) is 17.3 Å². The maximum absolute atomic E-state index is 6.16. The van der Waals surface area contributed by atoms with Gasteiger partial charge in [0.15, 0.2) is 0 Å². The van der Waals surface area contributed by atoms with Gasteiger partial charge in [-0.3, -0.25) is 0 Å². The van der Waals surface area contributed by atoms with Crippen LogP contribution in [0.2, 0.25) is 5.02 Å². The quantitative estimate of drug-likeness (QED) is 0.832. The predicted molar refractivity (Wildman–Crippen MR) is 70.0 cm³/mol. The Morgan fingerprint density at radius 1 is 1.06 bits per heavy atom. The van der Waals surface area contributed by atoms with Crippen molar-refractivity contribution >= 4 is 17.3 Å². The molecule has 2 aromatic rings. The Hall–Kier alpha value is -1.47. The van der Waals surface area contributed by atoms with Gasteiger partial charge in [0.25, 0.3) is 0 Å². The molecule has 0 aliphatic rings. The van der Waals surface area contributed by atoms with Crippen LogP contribution < -0.4 is 5.32 Å². The zero-order chi connectivity index (χ0) is 11.4. The summed E-state index contributed by atoms with van der Waals surface area (Å²) in [5.41, 5.74) is 3.42. The van der Waals surface area contributed by atoms with Crippen LogP contribution in [-0.2, 0) is 6.54 Å². The lowest BCUT2D eigenvalue weighted by Gasteiger charge is -2.08. The van der Waals surface area contributed by atoms with Crippen LogP contribution in [0.3, 0.4) is 0 Å². The fourth-order valence-corrected chi connectivity index (χ4v) is 1.85. The van der Waals surface area contributed by atoms with E-state index in [4.69, 9.17) is 11.6 Å². The van der Waals surface area contributed by atoms with Crippen LogP contribution in [0.25, 0.3) is 0 Å². The molecule has 1 nitrogen and oxygen atoms in total. The summed E-state index contributed by atoms with van der Waals surface area (Å²) >= 11 is 6.16. The molecule has 0 bridgehead atoms. The van der Waals surface area contributed by atoms with E-state index in [2.05, 4.69) is 17.4 Å². The molecule has 82 valence electrons. The molecule has 0 atom stereocenters. The summed E-state index contributed by atoms with van der Waals surface area (Å²) in [6, 6.07) is 16.2. The molecule has 0 unspecified atom stereocenters. The molecular formula is C14H14ClN. The lowest BCUT2D eigenvalue weighted by Crippen LogP contribution is -1.99. The van der Waals surface area contributed by atoms with Crippen LogP contribution in [0.1, 0.15) is 11.1 Å². The molecule has 0 fully saturated rings. The van der Waals surface area contributed by atoms with Crippen LogP contribution >= 0.6 is 11.6 Å². The molecule has 0 aromatic heterocycles. The van der Waals surface area contributed by atoms with E-state index in [0.717, 1.165) is 22.8 Å². The minimum atomic E-state index is 0.753. The van der Waals surface area contributed by atoms with Gasteiger partial charge in [-0.1, -0.05) is 41.9 Å². The molecule has 0 aliphatic carbocycles. The van der Waals surface area contributed by atoms with Crippen molar-refractivity contribution in [2.24, 2.45) is 0 Å². The summed E-state index contributed by atoms with van der Waals surface area (Å²) in [6.07, 6.45) is 0. The highest BCUT2D eigenvalue weighted by molar-refractivity contribution is 6.31. The molecule has 0 heterocycles. The lowest BCUT2D eigenvalue weighted by molar-refractivity contribution is 1.14. The van der Waals surface area contributed by atoms with Crippen LogP contribution in [0.4, 0.5) is 5.69 Å². The van der Waals surface area contributed by atoms with E-state index in [9.17, 15) is 0 Å². The van der Waals surface area contributed by atoms with Crippen molar-refractivity contribution < 1.29 is 0 Å². The van der Waals surface area contributed by atoms with Crippen molar-refractivity contribution in [3.05, 3.63) is 64.7 Å². The Labute approximate surface area is 101 Å². The van der Waals surface area contributed by atoms with Gasteiger partial charge in [-0.05, 0) is 36.2 Å². The minimum absolute atomic E-state index is 0.753. The highest BCUT2D eigenvalue weighted by Gasteiger charge is 1.99. The van der Waals surface area contributed by atoms with Crippen LogP contribution in [0.15, 0.2) is 48.5 Å². The van der Waals surface area contributed by atoms with Gasteiger partial charge in [-0.2, -0.15) is 0 Å². The molecule has 0 aliphatic heterocycles. The smallest absolute Gasteiger partial charge is 0.0458 e. The Bertz CT molecular complexity index is 465. The van der Waals surface area contributed by atoms with Crippen molar-refractivity contribution in [1.82, 2.24) is 0 Å². The maximum Gasteiger partial charge on any atom is 0.0458 e. The normalized spacial score (nSPS) is 10.1. The van der Waals surface area contributed by atoms with Gasteiger partial charge in [0.1, 0.15) is 0 Å². The number of hydrogen-bond acceptors (Lipinski definition) is 1. The first kappa shape index (κ1) is 11.0. The molecule has 0 radical (unpaired) electrons. The molecule has 1 N–H and O–H groups in total. The Balaban J connectivity index is 2.05. The highest BCUT2D eigenvalue weighted by atomic mass is 35.5. The Morgan fingerprint density at radius 3 is 2.50 bits per heavy atom. The standard InChI is InChI=1S/C14H14ClN/c1-11-7-8-12(14(15)9-11)10-16-13-5-3-2-4-6-13/h2-9,16H,10H2,1H3. The van der Waals surface area contributed by atoms with Gasteiger partial charge in [0.05, 0.1) is 0 Å². The molecule has 16 heavy (non-hydrogen) atoms. The second-order valence-electron chi connectivity index (χ2n) is 3.81. The van der Waals surface area contributed by atoms with E-state index < -0.39 is 0 Å². The number of para-hydroxylation sites is 1. The number of halogens is 1. The zero-order valence-electron chi connectivity index (χ0n) is 9.20. The van der Waals surface area contributed by atoms with Crippen LogP contribution in [0, 0.1) is 6.92 Å². The third-order valence-electron chi connectivity index (χ3n) is 2.47. The summed E-state index contributed by atoms with van der Waals surface area (Å²) in [7, 11) is 0. The zero-order valence-corrected chi connectivity index (χ0v) is 9.96. The van der Waals surface area contributed by atoms with E-state index in [1.165, 1.54) is 5.56 Å². The van der Waals surface area contributed by atoms with Gasteiger partial charge >= 0.3 is 0 Å². The van der Waals surface area contributed by atoms with Crippen molar-refractivity contribution in [3.63, 3.8) is 0 Å². The van der Waals surface area contributed by atoms with Crippen molar-refractivity contribution in [1.29, 1.82) is 0 Å². The predicted octanol–water partition coefficient (Wildman–Crippen LogP) is 4.26. The second kappa shape index (κ2) is 5.04. The Kier molecular flexibility index (Phi) is 3.47. The summed E-state index contributed by atoms with van der Waals surface area (Å²) in [4.78, 5) is 0. The molecular weight excluding hydrogens is 218 g/mol. The van der Waals surface area contributed by atoms with Crippen molar-refractivity contribution in [2.75, 3.05) is 5.32 Å². The van der Waals surface area contributed by atoms with Crippen LogP contribution in [0.5, 0.6) is 0 Å². The van der Waals surface area contributed by atoms with E-state index in [1.807, 2.05) is 43.3 Å². The summed E-state index contributed by atoms with van der Waals surface area (Å²) < 4.78 is 0. The van der Waals surface area contributed by atoms with Crippen LogP contribution in [-0.4, -0.2) is 0 Å². The van der Waals surface area contributed by atoms with Gasteiger partial charge in [-0.25, -0.2) is 0 Å². The van der Waals surface area contributed by atoms with Gasteiger partial charge in [0.2, 0.25) is 0 Å². The molecule has 2 aromatic carbocycles. The summed E-state index contributed by atoms with van der Waals surface area (Å²) in [5, 5.41) is 4.16. The van der Waals surface area contributed by atoms with Gasteiger partial charge < -0.3 is 5.32 Å². The molecule has 2 heteroatoms. The first-order valence-electron chi connectivity index (χ1n) is 5.29. The van der Waals surface area contributed by atoms with Crippen molar-refractivity contribution in [2.45, 2.75) is 13.5 Å². The molecule has 0 spiro atoms. The first-order valence-corrected chi connectivity index (χ1v) is 5.67. The first-order chi connectivity index (χ1) is 7.75. The number of anilines is 1. The molecule has 0 saturated carbocycles. The monoisotopic (exact) mass is 231 g/mol. The van der Waals surface area contributed by atoms with E-state index >= 15 is 0 Å². The average molecular weight is 232 g/mol. The largest absolute Gasteiger partial charge is 0.381 e. The second-order valence-corrected chi connectivity index (χ2v) is 4.22. The molecule has 0 amide bonds. The number of aryl methyl sites for hydroxylation is 1. The third-order valence-corrected chi connectivity index (χ3v) is 2.82. The number of hydrogen-bond donors (Lipinski definition) is 1. The number of rotatable bonds is 3. The lowest BCUT2D eigenvalue weighted by atomic mass is 10.1. The fourth-order valence-electron chi connectivity index (χ4n) is 1.55. The molecule has 0 saturated heterocycles. The fraction of sp³-hybridized carbons (Fsp3) is 0.143. The summed E-state index contributed by atoms with van der Waals surface area (Å²) in [5.74, 6) is 0. The number of benzene rings is 2. The number of nitrogens with one attached hydrogen (secondary N) is 1. The highest BCUT2D eigenvalue weighted by Crippen LogP contribution is 2.18. The maximum atomic E-state index is 6.16. The van der Waals surface area contributed by atoms with Crippen molar-refractivity contribution in [3.8, 4) is 0 Å². The SMILES string of the molecule is Cc1ccc(CNc2ccccc2)c(Cl)c1. The van der Waals surface area contributed by atoms with Gasteiger partial charge in [-0.15, -0.1) is 0 Å². The molecule has 2 rings (SSSR count). The van der Waals surface area contributed by atoms with E-state index in [-0.39, 0.29) is 0 Å². The van der Waals surface area contributed by atoms with E-state index in [0.29, 0.717) is 0 Å². The minimum Gasteiger partial charge on any atom is -0.381 e. The topological polar surface area (TPSA) is 12.0 Å². The average Bonchev–Trinajstić information content (AvgIpc) is 2.29. The Morgan fingerprint density at radius 2 is 1.81 bits per heavy atom. The summed E-state index contributed by atoms with van der Waals surface area (Å²) in [6.45, 7) is 2.80.